The molecular formula is C20H26N4OS. The van der Waals surface area contributed by atoms with Gasteiger partial charge in [-0.3, -0.25) is 4.90 Å². The van der Waals surface area contributed by atoms with Crippen molar-refractivity contribution < 1.29 is 4.74 Å². The molecule has 2 aromatic rings. The van der Waals surface area contributed by atoms with E-state index in [-0.39, 0.29) is 0 Å². The summed E-state index contributed by atoms with van der Waals surface area (Å²) in [6.45, 7) is 5.98. The Kier molecular flexibility index (Phi) is 4.98. The van der Waals surface area contributed by atoms with Crippen LogP contribution in [0.15, 0.2) is 35.3 Å². The number of anilines is 2. The highest BCUT2D eigenvalue weighted by Crippen LogP contribution is 2.39. The van der Waals surface area contributed by atoms with Gasteiger partial charge in [-0.1, -0.05) is 12.1 Å². The summed E-state index contributed by atoms with van der Waals surface area (Å²) in [5.74, 6) is 1.09. The van der Waals surface area contributed by atoms with Gasteiger partial charge >= 0.3 is 0 Å². The lowest BCUT2D eigenvalue weighted by Gasteiger charge is -2.40. The van der Waals surface area contributed by atoms with Crippen LogP contribution in [0.2, 0.25) is 0 Å². The first-order valence-corrected chi connectivity index (χ1v) is 9.97. The van der Waals surface area contributed by atoms with Crippen LogP contribution in [-0.4, -0.2) is 62.1 Å². The summed E-state index contributed by atoms with van der Waals surface area (Å²) in [6.07, 6.45) is 1.04. The first kappa shape index (κ1) is 17.5. The van der Waals surface area contributed by atoms with Crippen LogP contribution >= 0.6 is 11.3 Å². The first-order chi connectivity index (χ1) is 12.7. The van der Waals surface area contributed by atoms with Crippen molar-refractivity contribution in [3.05, 3.63) is 40.8 Å². The molecule has 1 saturated heterocycles. The van der Waals surface area contributed by atoms with Gasteiger partial charge in [-0.25, -0.2) is 4.99 Å². The lowest BCUT2D eigenvalue weighted by Crippen LogP contribution is -2.53. The molecule has 0 aliphatic carbocycles. The van der Waals surface area contributed by atoms with Gasteiger partial charge in [0, 0.05) is 44.3 Å². The average Bonchev–Trinajstić information content (AvgIpc) is 2.93. The third-order valence-electron chi connectivity index (χ3n) is 5.21. The largest absolute Gasteiger partial charge is 0.385 e. The molecule has 1 aromatic heterocycles. The molecule has 1 aromatic carbocycles. The summed E-state index contributed by atoms with van der Waals surface area (Å²) >= 11 is 1.80. The van der Waals surface area contributed by atoms with Crippen LogP contribution in [0.4, 0.5) is 16.4 Å². The Morgan fingerprint density at radius 3 is 3.00 bits per heavy atom. The molecule has 1 N–H and O–H groups in total. The van der Waals surface area contributed by atoms with Crippen LogP contribution in [0.5, 0.6) is 0 Å². The zero-order valence-electron chi connectivity index (χ0n) is 15.7. The number of hydrogen-bond donors (Lipinski definition) is 1. The van der Waals surface area contributed by atoms with E-state index in [1.165, 1.54) is 15.4 Å². The summed E-state index contributed by atoms with van der Waals surface area (Å²) in [5.41, 5.74) is 3.31. The van der Waals surface area contributed by atoms with Gasteiger partial charge in [0.15, 0.2) is 0 Å². The minimum atomic E-state index is 0.487. The maximum Gasteiger partial charge on any atom is 0.139 e. The number of amidine groups is 1. The summed E-state index contributed by atoms with van der Waals surface area (Å²) in [5, 5.41) is 4.79. The predicted octanol–water partition coefficient (Wildman–Crippen LogP) is 3.84. The van der Waals surface area contributed by atoms with Gasteiger partial charge in [0.2, 0.25) is 0 Å². The van der Waals surface area contributed by atoms with E-state index in [0.29, 0.717) is 6.04 Å². The van der Waals surface area contributed by atoms with Crippen molar-refractivity contribution in [3.8, 4) is 0 Å². The molecule has 2 aliphatic heterocycles. The molecule has 3 heterocycles. The van der Waals surface area contributed by atoms with Crippen LogP contribution in [0.3, 0.4) is 0 Å². The molecule has 0 unspecified atom stereocenters. The maximum atomic E-state index is 5.32. The summed E-state index contributed by atoms with van der Waals surface area (Å²) in [6, 6.07) is 11.1. The highest BCUT2D eigenvalue weighted by atomic mass is 32.1. The van der Waals surface area contributed by atoms with E-state index in [1.807, 2.05) is 0 Å². The van der Waals surface area contributed by atoms with Gasteiger partial charge < -0.3 is 15.0 Å². The van der Waals surface area contributed by atoms with E-state index in [4.69, 9.17) is 9.73 Å². The van der Waals surface area contributed by atoms with Gasteiger partial charge in [-0.05, 0) is 38.6 Å². The first-order valence-electron chi connectivity index (χ1n) is 9.15. The zero-order chi connectivity index (χ0) is 18.1. The molecule has 1 fully saturated rings. The molecule has 2 aliphatic rings. The Morgan fingerprint density at radius 1 is 1.31 bits per heavy atom. The topological polar surface area (TPSA) is 40.1 Å². The Hall–Kier alpha value is -1.89. The van der Waals surface area contributed by atoms with E-state index in [2.05, 4.69) is 59.4 Å². The molecule has 5 nitrogen and oxygen atoms in total. The second-order valence-electron chi connectivity index (χ2n) is 7.04. The molecule has 0 saturated carbocycles. The Labute approximate surface area is 159 Å². The second kappa shape index (κ2) is 7.39. The highest BCUT2D eigenvalue weighted by Gasteiger charge is 2.29. The average molecular weight is 371 g/mol. The van der Waals surface area contributed by atoms with Crippen molar-refractivity contribution in [1.29, 1.82) is 0 Å². The van der Waals surface area contributed by atoms with Gasteiger partial charge in [0.1, 0.15) is 10.8 Å². The minimum absolute atomic E-state index is 0.487. The number of fused-ring (bicyclic) bond motifs is 2. The molecule has 1 atom stereocenters. The Morgan fingerprint density at radius 2 is 2.15 bits per heavy atom. The smallest absolute Gasteiger partial charge is 0.139 e. The van der Waals surface area contributed by atoms with Crippen molar-refractivity contribution >= 4 is 33.5 Å². The normalized spacial score (nSPS) is 20.0. The number of thiophene rings is 1. The quantitative estimate of drug-likeness (QED) is 0.891. The third-order valence-corrected chi connectivity index (χ3v) is 6.17. The minimum Gasteiger partial charge on any atom is -0.385 e. The summed E-state index contributed by atoms with van der Waals surface area (Å²) < 4.78 is 5.32. The fourth-order valence-corrected chi connectivity index (χ4v) is 4.61. The Balaban J connectivity index is 1.70. The van der Waals surface area contributed by atoms with Gasteiger partial charge in [0.25, 0.3) is 0 Å². The number of hydrogen-bond acceptors (Lipinski definition) is 6. The molecule has 0 radical (unpaired) electrons. The Bertz CT molecular complexity index is 816. The van der Waals surface area contributed by atoms with Crippen molar-refractivity contribution in [2.24, 2.45) is 4.99 Å². The fourth-order valence-electron chi connectivity index (χ4n) is 3.69. The predicted molar refractivity (Wildman–Crippen MR) is 109 cm³/mol. The van der Waals surface area contributed by atoms with E-state index >= 15 is 0 Å². The van der Waals surface area contributed by atoms with Crippen LogP contribution < -0.4 is 5.32 Å². The lowest BCUT2D eigenvalue weighted by molar-refractivity contribution is 0.100. The number of nitrogens with one attached hydrogen (secondary N) is 1. The standard InChI is InChI=1S/C20H26N4OS/c1-14-12-16-19(24-10-9-23(2)15(13-24)8-11-25-3)21-17-6-4-5-7-18(17)22-20(16)26-14/h4-7,12,15,22H,8-11,13H2,1-3H3/t15-/m0/s1. The van der Waals surface area contributed by atoms with Crippen LogP contribution in [0.1, 0.15) is 16.9 Å². The lowest BCUT2D eigenvalue weighted by atomic mass is 10.1. The van der Waals surface area contributed by atoms with Gasteiger partial charge in [-0.2, -0.15) is 0 Å². The number of benzene rings is 1. The molecule has 6 heteroatoms. The van der Waals surface area contributed by atoms with E-state index < -0.39 is 0 Å². The van der Waals surface area contributed by atoms with Crippen LogP contribution in [0, 0.1) is 6.92 Å². The number of likely N-dealkylation sites (N-methyl/N-ethyl adjacent to an activating group) is 1. The van der Waals surface area contributed by atoms with Crippen molar-refractivity contribution in [2.75, 3.05) is 45.7 Å². The molecule has 0 bridgehead atoms. The molecular weight excluding hydrogens is 344 g/mol. The van der Waals surface area contributed by atoms with E-state index in [0.717, 1.165) is 49.9 Å². The number of ether oxygens (including phenoxy) is 1. The SMILES string of the molecule is COCC[C@H]1CN(C2=Nc3ccccc3Nc3sc(C)cc32)CCN1C. The van der Waals surface area contributed by atoms with Gasteiger partial charge in [0.05, 0.1) is 16.9 Å². The highest BCUT2D eigenvalue weighted by molar-refractivity contribution is 7.16. The van der Waals surface area contributed by atoms with E-state index in [1.54, 1.807) is 18.4 Å². The van der Waals surface area contributed by atoms with Crippen molar-refractivity contribution in [3.63, 3.8) is 0 Å². The molecule has 4 rings (SSSR count). The van der Waals surface area contributed by atoms with Crippen LogP contribution in [0.25, 0.3) is 0 Å². The summed E-state index contributed by atoms with van der Waals surface area (Å²) in [4.78, 5) is 11.3. The number of para-hydroxylation sites is 2. The maximum absolute atomic E-state index is 5.32. The summed E-state index contributed by atoms with van der Waals surface area (Å²) in [7, 11) is 3.99. The third kappa shape index (κ3) is 3.37. The molecule has 26 heavy (non-hydrogen) atoms. The second-order valence-corrected chi connectivity index (χ2v) is 8.30. The molecule has 0 amide bonds. The van der Waals surface area contributed by atoms with Gasteiger partial charge in [-0.15, -0.1) is 11.3 Å². The molecule has 0 spiro atoms. The van der Waals surface area contributed by atoms with E-state index in [9.17, 15) is 0 Å². The van der Waals surface area contributed by atoms with Crippen LogP contribution in [-0.2, 0) is 4.74 Å². The number of aryl methyl sites for hydroxylation is 1. The zero-order valence-corrected chi connectivity index (χ0v) is 16.5. The van der Waals surface area contributed by atoms with Crippen molar-refractivity contribution in [1.82, 2.24) is 9.80 Å². The number of piperazine rings is 1. The fraction of sp³-hybridized carbons (Fsp3) is 0.450. The monoisotopic (exact) mass is 370 g/mol. The number of rotatable bonds is 3. The number of nitrogens with zero attached hydrogens (tertiary/aromatic N) is 3. The number of methoxy groups -OCH3 is 1. The van der Waals surface area contributed by atoms with Crippen molar-refractivity contribution in [2.45, 2.75) is 19.4 Å². The molecule has 138 valence electrons. The number of aliphatic imine (C=N–C) groups is 1.